The first kappa shape index (κ1) is 21.5. The zero-order valence-electron chi connectivity index (χ0n) is 14.7. The standard InChI is InChI=1S/C16H25N3O4S.ClH/c1-16(2,3)23-15(20)18-13-8-10-19(11-9-13)24(21,22)14-6-4-12(17)5-7-14;/h4-7,13H,8-11,17H2,1-3H3,(H,18,20);1H. The fourth-order valence-corrected chi connectivity index (χ4v) is 3.97. The van der Waals surface area contributed by atoms with Crippen LogP contribution in [0.3, 0.4) is 0 Å². The minimum absolute atomic E-state index is 0. The number of rotatable bonds is 3. The van der Waals surface area contributed by atoms with E-state index in [0.717, 1.165) is 0 Å². The molecule has 0 atom stereocenters. The molecule has 1 heterocycles. The molecule has 25 heavy (non-hydrogen) atoms. The van der Waals surface area contributed by atoms with Crippen LogP contribution in [0.2, 0.25) is 0 Å². The fourth-order valence-electron chi connectivity index (χ4n) is 2.50. The Balaban J connectivity index is 0.00000312. The number of benzene rings is 1. The van der Waals surface area contributed by atoms with Gasteiger partial charge in [0.25, 0.3) is 0 Å². The molecule has 1 amide bonds. The second kappa shape index (κ2) is 8.25. The molecule has 9 heteroatoms. The molecule has 1 aliphatic rings. The van der Waals surface area contributed by atoms with Crippen molar-refractivity contribution in [3.8, 4) is 0 Å². The first-order valence-corrected chi connectivity index (χ1v) is 9.37. The molecule has 0 unspecified atom stereocenters. The Kier molecular flexibility index (Phi) is 7.10. The van der Waals surface area contributed by atoms with Crippen molar-refractivity contribution in [2.45, 2.75) is 50.2 Å². The lowest BCUT2D eigenvalue weighted by Crippen LogP contribution is -2.47. The molecule has 0 saturated carbocycles. The molecule has 2 rings (SSSR count). The third-order valence-electron chi connectivity index (χ3n) is 3.69. The summed E-state index contributed by atoms with van der Waals surface area (Å²) >= 11 is 0. The second-order valence-electron chi connectivity index (χ2n) is 6.89. The van der Waals surface area contributed by atoms with Gasteiger partial charge in [0.1, 0.15) is 5.60 Å². The Morgan fingerprint density at radius 3 is 2.20 bits per heavy atom. The number of alkyl carbamates (subject to hydrolysis) is 1. The van der Waals surface area contributed by atoms with Crippen molar-refractivity contribution in [2.24, 2.45) is 0 Å². The van der Waals surface area contributed by atoms with Gasteiger partial charge in [0.15, 0.2) is 0 Å². The average Bonchev–Trinajstić information content (AvgIpc) is 2.46. The van der Waals surface area contributed by atoms with Gasteiger partial charge in [-0.2, -0.15) is 4.31 Å². The zero-order chi connectivity index (χ0) is 18.0. The molecule has 142 valence electrons. The molecule has 1 aromatic rings. The number of piperidine rings is 1. The number of hydrogen-bond acceptors (Lipinski definition) is 5. The van der Waals surface area contributed by atoms with E-state index in [1.165, 1.54) is 16.4 Å². The van der Waals surface area contributed by atoms with E-state index < -0.39 is 21.7 Å². The van der Waals surface area contributed by atoms with Gasteiger partial charge in [-0.1, -0.05) is 0 Å². The summed E-state index contributed by atoms with van der Waals surface area (Å²) in [5.41, 5.74) is 5.57. The van der Waals surface area contributed by atoms with Crippen molar-refractivity contribution in [1.82, 2.24) is 9.62 Å². The van der Waals surface area contributed by atoms with E-state index >= 15 is 0 Å². The Bertz CT molecular complexity index is 678. The summed E-state index contributed by atoms with van der Waals surface area (Å²) in [6, 6.07) is 6.08. The second-order valence-corrected chi connectivity index (χ2v) is 8.83. The Morgan fingerprint density at radius 1 is 1.20 bits per heavy atom. The first-order chi connectivity index (χ1) is 11.1. The van der Waals surface area contributed by atoms with E-state index in [1.54, 1.807) is 32.9 Å². The molecule has 0 spiro atoms. The van der Waals surface area contributed by atoms with Crippen molar-refractivity contribution in [1.29, 1.82) is 0 Å². The topological polar surface area (TPSA) is 102 Å². The number of nitrogens with zero attached hydrogens (tertiary/aromatic N) is 1. The van der Waals surface area contributed by atoms with Gasteiger partial charge >= 0.3 is 6.09 Å². The summed E-state index contributed by atoms with van der Waals surface area (Å²) in [4.78, 5) is 12.0. The number of amides is 1. The maximum absolute atomic E-state index is 12.6. The number of carbonyl (C=O) groups is 1. The third kappa shape index (κ3) is 6.05. The maximum Gasteiger partial charge on any atom is 0.407 e. The Morgan fingerprint density at radius 2 is 1.72 bits per heavy atom. The molecule has 0 aliphatic carbocycles. The minimum atomic E-state index is -3.53. The van der Waals surface area contributed by atoms with Gasteiger partial charge in [0, 0.05) is 24.8 Å². The molecule has 1 aliphatic heterocycles. The van der Waals surface area contributed by atoms with E-state index in [9.17, 15) is 13.2 Å². The van der Waals surface area contributed by atoms with Crippen LogP contribution < -0.4 is 11.1 Å². The predicted octanol–water partition coefficient (Wildman–Crippen LogP) is 2.37. The van der Waals surface area contributed by atoms with Crippen molar-refractivity contribution in [2.75, 3.05) is 18.8 Å². The lowest BCUT2D eigenvalue weighted by Gasteiger charge is -2.32. The number of carbonyl (C=O) groups excluding carboxylic acids is 1. The molecule has 0 radical (unpaired) electrons. The number of nitrogens with two attached hydrogens (primary N) is 1. The average molecular weight is 392 g/mol. The highest BCUT2D eigenvalue weighted by molar-refractivity contribution is 7.89. The number of sulfonamides is 1. The monoisotopic (exact) mass is 391 g/mol. The van der Waals surface area contributed by atoms with Gasteiger partial charge in [-0.25, -0.2) is 13.2 Å². The van der Waals surface area contributed by atoms with Crippen molar-refractivity contribution in [3.05, 3.63) is 24.3 Å². The first-order valence-electron chi connectivity index (χ1n) is 7.93. The van der Waals surface area contributed by atoms with Crippen LogP contribution in [0.1, 0.15) is 33.6 Å². The lowest BCUT2D eigenvalue weighted by atomic mass is 10.1. The minimum Gasteiger partial charge on any atom is -0.444 e. The van der Waals surface area contributed by atoms with Crippen LogP contribution in [0.4, 0.5) is 10.5 Å². The van der Waals surface area contributed by atoms with Gasteiger partial charge < -0.3 is 15.8 Å². The van der Waals surface area contributed by atoms with Gasteiger partial charge in [0.05, 0.1) is 4.90 Å². The van der Waals surface area contributed by atoms with Crippen LogP contribution in [-0.4, -0.2) is 43.5 Å². The van der Waals surface area contributed by atoms with Crippen LogP contribution in [0.25, 0.3) is 0 Å². The number of anilines is 1. The molecular weight excluding hydrogens is 366 g/mol. The summed E-state index contributed by atoms with van der Waals surface area (Å²) in [7, 11) is -3.53. The van der Waals surface area contributed by atoms with Crippen molar-refractivity contribution in [3.63, 3.8) is 0 Å². The van der Waals surface area contributed by atoms with E-state index in [0.29, 0.717) is 31.6 Å². The van der Waals surface area contributed by atoms with Crippen molar-refractivity contribution >= 4 is 34.2 Å². The number of ether oxygens (including phenoxy) is 1. The summed E-state index contributed by atoms with van der Waals surface area (Å²) in [6.07, 6.45) is 0.628. The highest BCUT2D eigenvalue weighted by atomic mass is 35.5. The molecule has 1 fully saturated rings. The van der Waals surface area contributed by atoms with Crippen LogP contribution in [0, 0.1) is 0 Å². The smallest absolute Gasteiger partial charge is 0.407 e. The molecule has 0 bridgehead atoms. The predicted molar refractivity (Wildman–Crippen MR) is 99.3 cm³/mol. The summed E-state index contributed by atoms with van der Waals surface area (Å²) in [5, 5.41) is 2.80. The quantitative estimate of drug-likeness (QED) is 0.770. The highest BCUT2D eigenvalue weighted by Crippen LogP contribution is 2.21. The Hall–Kier alpha value is -1.51. The van der Waals surface area contributed by atoms with Crippen LogP contribution >= 0.6 is 12.4 Å². The maximum atomic E-state index is 12.6. The van der Waals surface area contributed by atoms with Gasteiger partial charge in [-0.3, -0.25) is 0 Å². The largest absolute Gasteiger partial charge is 0.444 e. The SMILES string of the molecule is CC(C)(C)OC(=O)NC1CCN(S(=O)(=O)c2ccc(N)cc2)CC1.Cl. The van der Waals surface area contributed by atoms with E-state index in [1.807, 2.05) is 0 Å². The number of nitrogens with one attached hydrogen (secondary N) is 1. The normalized spacial score (nSPS) is 16.8. The van der Waals surface area contributed by atoms with Crippen molar-refractivity contribution < 1.29 is 17.9 Å². The van der Waals surface area contributed by atoms with Crippen LogP contribution in [0.5, 0.6) is 0 Å². The molecule has 1 aromatic carbocycles. The lowest BCUT2D eigenvalue weighted by molar-refractivity contribution is 0.0489. The van der Waals surface area contributed by atoms with E-state index in [2.05, 4.69) is 5.32 Å². The van der Waals surface area contributed by atoms with E-state index in [4.69, 9.17) is 10.5 Å². The third-order valence-corrected chi connectivity index (χ3v) is 5.61. The Labute approximate surface area is 155 Å². The molecule has 3 N–H and O–H groups in total. The van der Waals surface area contributed by atoms with Gasteiger partial charge in [-0.05, 0) is 57.9 Å². The molecule has 7 nitrogen and oxygen atoms in total. The van der Waals surface area contributed by atoms with Crippen LogP contribution in [0.15, 0.2) is 29.2 Å². The number of halogens is 1. The highest BCUT2D eigenvalue weighted by Gasteiger charge is 2.30. The molecule has 0 aromatic heterocycles. The number of nitrogen functional groups attached to an aromatic ring is 1. The summed E-state index contributed by atoms with van der Waals surface area (Å²) < 4.78 is 31.8. The number of hydrogen-bond donors (Lipinski definition) is 2. The zero-order valence-corrected chi connectivity index (χ0v) is 16.3. The van der Waals surface area contributed by atoms with Gasteiger partial charge in [0.2, 0.25) is 10.0 Å². The molecule has 1 saturated heterocycles. The fraction of sp³-hybridized carbons (Fsp3) is 0.562. The van der Waals surface area contributed by atoms with E-state index in [-0.39, 0.29) is 23.3 Å². The summed E-state index contributed by atoms with van der Waals surface area (Å²) in [6.45, 7) is 6.11. The summed E-state index contributed by atoms with van der Waals surface area (Å²) in [5.74, 6) is 0. The molecular formula is C16H26ClN3O4S. The van der Waals surface area contributed by atoms with Crippen LogP contribution in [-0.2, 0) is 14.8 Å². The van der Waals surface area contributed by atoms with Gasteiger partial charge in [-0.15, -0.1) is 12.4 Å².